The first-order chi connectivity index (χ1) is 9.13. The first-order valence-corrected chi connectivity index (χ1v) is 6.33. The van der Waals surface area contributed by atoms with E-state index in [4.69, 9.17) is 21.1 Å². The molecule has 1 heterocycles. The quantitative estimate of drug-likeness (QED) is 0.852. The van der Waals surface area contributed by atoms with Crippen LogP contribution in [0.5, 0.6) is 11.5 Å². The third-order valence-electron chi connectivity index (χ3n) is 3.01. The van der Waals surface area contributed by atoms with Crippen LogP contribution in [0.1, 0.15) is 6.42 Å². The fraction of sp³-hybridized carbons (Fsp3) is 0.462. The van der Waals surface area contributed by atoms with Gasteiger partial charge in [0.15, 0.2) is 0 Å². The van der Waals surface area contributed by atoms with Gasteiger partial charge in [-0.2, -0.15) is 0 Å². The highest BCUT2D eigenvalue weighted by Crippen LogP contribution is 2.30. The van der Waals surface area contributed by atoms with E-state index in [1.54, 1.807) is 25.3 Å². The summed E-state index contributed by atoms with van der Waals surface area (Å²) in [4.78, 5) is 11.4. The standard InChI is InChI=1S/C13H16ClNO4/c1-17-8-3-4-12(10(14)5-8)19-9-6-11(15-7-9)13(16)18-2/h3-5,9,11,15H,6-7H2,1-2H3/t9-,11+/m1/s1. The molecule has 0 aliphatic carbocycles. The van der Waals surface area contributed by atoms with E-state index in [1.165, 1.54) is 7.11 Å². The van der Waals surface area contributed by atoms with Gasteiger partial charge in [-0.25, -0.2) is 0 Å². The fourth-order valence-electron chi connectivity index (χ4n) is 2.00. The highest BCUT2D eigenvalue weighted by atomic mass is 35.5. The van der Waals surface area contributed by atoms with Gasteiger partial charge in [0.25, 0.3) is 0 Å². The van der Waals surface area contributed by atoms with Gasteiger partial charge in [-0.15, -0.1) is 0 Å². The zero-order valence-corrected chi connectivity index (χ0v) is 11.6. The number of halogens is 1. The Hall–Kier alpha value is -1.46. The molecule has 104 valence electrons. The summed E-state index contributed by atoms with van der Waals surface area (Å²) in [5, 5.41) is 3.54. The molecule has 0 amide bonds. The molecule has 0 bridgehead atoms. The predicted molar refractivity (Wildman–Crippen MR) is 70.8 cm³/mol. The molecule has 2 rings (SSSR count). The molecule has 0 saturated carbocycles. The van der Waals surface area contributed by atoms with Gasteiger partial charge >= 0.3 is 5.97 Å². The molecule has 2 atom stereocenters. The number of benzene rings is 1. The number of carbonyl (C=O) groups excluding carboxylic acids is 1. The second-order valence-electron chi connectivity index (χ2n) is 4.26. The topological polar surface area (TPSA) is 56.8 Å². The molecule has 1 aliphatic heterocycles. The molecular weight excluding hydrogens is 270 g/mol. The summed E-state index contributed by atoms with van der Waals surface area (Å²) in [6, 6.07) is 4.91. The summed E-state index contributed by atoms with van der Waals surface area (Å²) < 4.78 is 15.5. The van der Waals surface area contributed by atoms with Crippen molar-refractivity contribution in [2.75, 3.05) is 20.8 Å². The third kappa shape index (κ3) is 3.30. The smallest absolute Gasteiger partial charge is 0.323 e. The lowest BCUT2D eigenvalue weighted by molar-refractivity contribution is -0.142. The van der Waals surface area contributed by atoms with Gasteiger partial charge in [0.05, 0.1) is 19.2 Å². The monoisotopic (exact) mass is 285 g/mol. The molecule has 19 heavy (non-hydrogen) atoms. The second-order valence-corrected chi connectivity index (χ2v) is 4.66. The lowest BCUT2D eigenvalue weighted by atomic mass is 10.2. The van der Waals surface area contributed by atoms with E-state index in [-0.39, 0.29) is 18.1 Å². The van der Waals surface area contributed by atoms with Gasteiger partial charge in [0.2, 0.25) is 0 Å². The van der Waals surface area contributed by atoms with Gasteiger partial charge in [-0.05, 0) is 12.1 Å². The predicted octanol–water partition coefficient (Wildman–Crippen LogP) is 1.63. The average molecular weight is 286 g/mol. The molecule has 1 fully saturated rings. The molecule has 1 aliphatic rings. The summed E-state index contributed by atoms with van der Waals surface area (Å²) in [6.07, 6.45) is 0.463. The van der Waals surface area contributed by atoms with E-state index < -0.39 is 0 Å². The Balaban J connectivity index is 1.97. The van der Waals surface area contributed by atoms with E-state index in [1.807, 2.05) is 0 Å². The Morgan fingerprint density at radius 2 is 2.21 bits per heavy atom. The van der Waals surface area contributed by atoms with E-state index >= 15 is 0 Å². The van der Waals surface area contributed by atoms with Gasteiger partial charge < -0.3 is 19.5 Å². The van der Waals surface area contributed by atoms with Crippen LogP contribution >= 0.6 is 11.6 Å². The number of hydrogen-bond acceptors (Lipinski definition) is 5. The van der Waals surface area contributed by atoms with E-state index in [0.29, 0.717) is 29.5 Å². The molecule has 0 unspecified atom stereocenters. The molecule has 0 aromatic heterocycles. The molecule has 1 aromatic carbocycles. The maximum absolute atomic E-state index is 11.4. The van der Waals surface area contributed by atoms with Crippen molar-refractivity contribution in [3.05, 3.63) is 23.2 Å². The van der Waals surface area contributed by atoms with Crippen LogP contribution in [0.4, 0.5) is 0 Å². The Morgan fingerprint density at radius 1 is 1.42 bits per heavy atom. The van der Waals surface area contributed by atoms with Crippen LogP contribution in [-0.2, 0) is 9.53 Å². The second kappa shape index (κ2) is 6.12. The highest BCUT2D eigenvalue weighted by molar-refractivity contribution is 6.32. The molecule has 1 N–H and O–H groups in total. The van der Waals surface area contributed by atoms with Gasteiger partial charge in [0.1, 0.15) is 23.6 Å². The number of nitrogens with one attached hydrogen (secondary N) is 1. The molecule has 5 nitrogen and oxygen atoms in total. The third-order valence-corrected chi connectivity index (χ3v) is 3.30. The molecule has 6 heteroatoms. The van der Waals surface area contributed by atoms with Gasteiger partial charge in [-0.1, -0.05) is 11.6 Å². The Morgan fingerprint density at radius 3 is 2.84 bits per heavy atom. The van der Waals surface area contributed by atoms with Crippen molar-refractivity contribution in [2.24, 2.45) is 0 Å². The van der Waals surface area contributed by atoms with Crippen LogP contribution in [0.25, 0.3) is 0 Å². The Kier molecular flexibility index (Phi) is 4.50. The van der Waals surface area contributed by atoms with Crippen LogP contribution in [0, 0.1) is 0 Å². The first kappa shape index (κ1) is 14.0. The van der Waals surface area contributed by atoms with Crippen molar-refractivity contribution >= 4 is 17.6 Å². The normalized spacial score (nSPS) is 22.1. The van der Waals surface area contributed by atoms with Crippen molar-refractivity contribution in [2.45, 2.75) is 18.6 Å². The lowest BCUT2D eigenvalue weighted by Crippen LogP contribution is -2.31. The minimum absolute atomic E-state index is 0.102. The van der Waals surface area contributed by atoms with E-state index in [0.717, 1.165) is 0 Å². The molecule has 0 spiro atoms. The zero-order chi connectivity index (χ0) is 13.8. The summed E-state index contributed by atoms with van der Waals surface area (Å²) in [7, 11) is 2.95. The molecular formula is C13H16ClNO4. The summed E-state index contributed by atoms with van der Waals surface area (Å²) >= 11 is 6.10. The van der Waals surface area contributed by atoms with Crippen LogP contribution in [-0.4, -0.2) is 38.9 Å². The number of rotatable bonds is 4. The fourth-order valence-corrected chi connectivity index (χ4v) is 2.21. The van der Waals surface area contributed by atoms with Crippen molar-refractivity contribution in [1.29, 1.82) is 0 Å². The van der Waals surface area contributed by atoms with Crippen LogP contribution in [0.15, 0.2) is 18.2 Å². The molecule has 1 saturated heterocycles. The summed E-state index contributed by atoms with van der Waals surface area (Å²) in [5.41, 5.74) is 0. The van der Waals surface area contributed by atoms with Crippen LogP contribution < -0.4 is 14.8 Å². The number of methoxy groups -OCH3 is 2. The SMILES string of the molecule is COC(=O)[C@@H]1C[C@@H](Oc2ccc(OC)cc2Cl)CN1. The minimum atomic E-state index is -0.313. The largest absolute Gasteiger partial charge is 0.497 e. The van der Waals surface area contributed by atoms with E-state index in [9.17, 15) is 4.79 Å². The van der Waals surface area contributed by atoms with Crippen LogP contribution in [0.2, 0.25) is 5.02 Å². The van der Waals surface area contributed by atoms with Crippen molar-refractivity contribution in [3.63, 3.8) is 0 Å². The molecule has 1 aromatic rings. The van der Waals surface area contributed by atoms with Gasteiger partial charge in [0, 0.05) is 19.0 Å². The lowest BCUT2D eigenvalue weighted by Gasteiger charge is -2.14. The Bertz CT molecular complexity index is 466. The van der Waals surface area contributed by atoms with Crippen molar-refractivity contribution in [3.8, 4) is 11.5 Å². The minimum Gasteiger partial charge on any atom is -0.497 e. The van der Waals surface area contributed by atoms with Gasteiger partial charge in [-0.3, -0.25) is 4.79 Å². The number of esters is 1. The number of carbonyl (C=O) groups is 1. The zero-order valence-electron chi connectivity index (χ0n) is 10.8. The first-order valence-electron chi connectivity index (χ1n) is 5.95. The maximum atomic E-state index is 11.4. The maximum Gasteiger partial charge on any atom is 0.323 e. The molecule has 0 radical (unpaired) electrons. The Labute approximate surface area is 116 Å². The highest BCUT2D eigenvalue weighted by Gasteiger charge is 2.31. The van der Waals surface area contributed by atoms with Crippen molar-refractivity contribution < 1.29 is 19.0 Å². The summed E-state index contributed by atoms with van der Waals surface area (Å²) in [5.74, 6) is 0.987. The van der Waals surface area contributed by atoms with Crippen molar-refractivity contribution in [1.82, 2.24) is 5.32 Å². The number of hydrogen-bond donors (Lipinski definition) is 1. The van der Waals surface area contributed by atoms with Crippen LogP contribution in [0.3, 0.4) is 0 Å². The average Bonchev–Trinajstić information content (AvgIpc) is 2.88. The number of ether oxygens (including phenoxy) is 3. The summed E-state index contributed by atoms with van der Waals surface area (Å²) in [6.45, 7) is 0.585. The van der Waals surface area contributed by atoms with E-state index in [2.05, 4.69) is 10.1 Å².